The third kappa shape index (κ3) is 4.06. The molecule has 1 heterocycles. The number of nitrogens with one attached hydrogen (secondary N) is 1. The summed E-state index contributed by atoms with van der Waals surface area (Å²) in [5.41, 5.74) is 3.12. The Bertz CT molecular complexity index is 723. The molecule has 1 fully saturated rings. The lowest BCUT2D eigenvalue weighted by Crippen LogP contribution is -2.26. The van der Waals surface area contributed by atoms with Crippen molar-refractivity contribution in [3.63, 3.8) is 0 Å². The van der Waals surface area contributed by atoms with Gasteiger partial charge in [-0.15, -0.1) is 0 Å². The summed E-state index contributed by atoms with van der Waals surface area (Å²) in [6, 6.07) is 18.2. The van der Waals surface area contributed by atoms with Crippen LogP contribution in [0.2, 0.25) is 0 Å². The Hall–Kier alpha value is -2.51. The fourth-order valence-electron chi connectivity index (χ4n) is 3.21. The van der Waals surface area contributed by atoms with Crippen molar-refractivity contribution in [2.24, 2.45) is 5.92 Å². The molecular weight excluding hydrogens is 298 g/mol. The summed E-state index contributed by atoms with van der Waals surface area (Å²) in [4.78, 5) is 2.42. The topological polar surface area (TPSA) is 48.3 Å². The fraction of sp³-hybridized carbons (Fsp3) is 0.350. The van der Waals surface area contributed by atoms with Gasteiger partial charge in [0.05, 0.1) is 18.7 Å². The third-order valence-electron chi connectivity index (χ3n) is 4.52. The average molecular weight is 321 g/mol. The van der Waals surface area contributed by atoms with E-state index in [9.17, 15) is 0 Å². The van der Waals surface area contributed by atoms with Crippen LogP contribution in [0.25, 0.3) is 0 Å². The molecule has 0 saturated carbocycles. The van der Waals surface area contributed by atoms with Crippen LogP contribution in [-0.2, 0) is 6.54 Å². The first-order valence-corrected chi connectivity index (χ1v) is 8.37. The minimum absolute atomic E-state index is 0.648. The number of rotatable bonds is 6. The maximum absolute atomic E-state index is 8.95. The van der Waals surface area contributed by atoms with Crippen LogP contribution in [-0.4, -0.2) is 26.7 Å². The normalized spacial score (nSPS) is 16.8. The van der Waals surface area contributed by atoms with E-state index in [2.05, 4.69) is 34.5 Å². The van der Waals surface area contributed by atoms with E-state index in [1.165, 1.54) is 12.1 Å². The van der Waals surface area contributed by atoms with Crippen LogP contribution >= 0.6 is 0 Å². The molecule has 2 aromatic rings. The van der Waals surface area contributed by atoms with E-state index in [-0.39, 0.29) is 0 Å². The largest absolute Gasteiger partial charge is 0.497 e. The predicted octanol–water partition coefficient (Wildman–Crippen LogP) is 3.18. The molecule has 3 rings (SSSR count). The summed E-state index contributed by atoms with van der Waals surface area (Å²) in [5.74, 6) is 1.56. The maximum atomic E-state index is 8.95. The van der Waals surface area contributed by atoms with Gasteiger partial charge < -0.3 is 15.0 Å². The highest BCUT2D eigenvalue weighted by atomic mass is 16.5. The Balaban J connectivity index is 1.48. The number of hydrogen-bond acceptors (Lipinski definition) is 4. The lowest BCUT2D eigenvalue weighted by Gasteiger charge is -2.19. The number of benzene rings is 2. The molecule has 0 radical (unpaired) electrons. The second-order valence-corrected chi connectivity index (χ2v) is 6.25. The SMILES string of the molecule is COc1cccc(N2CCC(CNCc3cccc(C#N)c3)C2)c1. The molecule has 1 aliphatic heterocycles. The van der Waals surface area contributed by atoms with Crippen molar-refractivity contribution in [2.45, 2.75) is 13.0 Å². The first kappa shape index (κ1) is 16.4. The van der Waals surface area contributed by atoms with Gasteiger partial charge in [0, 0.05) is 37.9 Å². The van der Waals surface area contributed by atoms with Gasteiger partial charge in [0.2, 0.25) is 0 Å². The summed E-state index contributed by atoms with van der Waals surface area (Å²) in [5, 5.41) is 12.5. The predicted molar refractivity (Wildman–Crippen MR) is 96.2 cm³/mol. The molecule has 0 spiro atoms. The lowest BCUT2D eigenvalue weighted by molar-refractivity contribution is 0.415. The van der Waals surface area contributed by atoms with Crippen LogP contribution in [0.4, 0.5) is 5.69 Å². The highest BCUT2D eigenvalue weighted by Gasteiger charge is 2.22. The average Bonchev–Trinajstić information content (AvgIpc) is 3.11. The second-order valence-electron chi connectivity index (χ2n) is 6.25. The molecule has 4 heteroatoms. The Labute approximate surface area is 143 Å². The van der Waals surface area contributed by atoms with Gasteiger partial charge in [-0.1, -0.05) is 18.2 Å². The fourth-order valence-corrected chi connectivity index (χ4v) is 3.21. The first-order valence-electron chi connectivity index (χ1n) is 8.37. The van der Waals surface area contributed by atoms with Crippen molar-refractivity contribution in [1.82, 2.24) is 5.32 Å². The minimum Gasteiger partial charge on any atom is -0.497 e. The van der Waals surface area contributed by atoms with Crippen LogP contribution < -0.4 is 15.0 Å². The van der Waals surface area contributed by atoms with Crippen LogP contribution in [0.1, 0.15) is 17.5 Å². The molecule has 2 aromatic carbocycles. The molecule has 0 aromatic heterocycles. The van der Waals surface area contributed by atoms with E-state index in [1.54, 1.807) is 7.11 Å². The Morgan fingerprint density at radius 1 is 1.25 bits per heavy atom. The van der Waals surface area contributed by atoms with E-state index in [0.29, 0.717) is 5.92 Å². The van der Waals surface area contributed by atoms with Gasteiger partial charge in [-0.2, -0.15) is 5.26 Å². The highest BCUT2D eigenvalue weighted by Crippen LogP contribution is 2.26. The van der Waals surface area contributed by atoms with Gasteiger partial charge in [0.25, 0.3) is 0 Å². The molecule has 0 amide bonds. The van der Waals surface area contributed by atoms with E-state index >= 15 is 0 Å². The van der Waals surface area contributed by atoms with Gasteiger partial charge in [-0.25, -0.2) is 0 Å². The Morgan fingerprint density at radius 2 is 2.12 bits per heavy atom. The van der Waals surface area contributed by atoms with Crippen molar-refractivity contribution in [1.29, 1.82) is 5.26 Å². The molecule has 1 unspecified atom stereocenters. The first-order chi connectivity index (χ1) is 11.8. The zero-order chi connectivity index (χ0) is 16.8. The van der Waals surface area contributed by atoms with E-state index < -0.39 is 0 Å². The minimum atomic E-state index is 0.648. The van der Waals surface area contributed by atoms with Crippen molar-refractivity contribution < 1.29 is 4.74 Å². The number of anilines is 1. The molecule has 24 heavy (non-hydrogen) atoms. The Kier molecular flexibility index (Phi) is 5.35. The van der Waals surface area contributed by atoms with E-state index in [4.69, 9.17) is 10.00 Å². The van der Waals surface area contributed by atoms with Crippen LogP contribution in [0.3, 0.4) is 0 Å². The zero-order valence-electron chi connectivity index (χ0n) is 14.0. The van der Waals surface area contributed by atoms with Gasteiger partial charge in [-0.3, -0.25) is 0 Å². The van der Waals surface area contributed by atoms with Crippen LogP contribution in [0.5, 0.6) is 5.75 Å². The van der Waals surface area contributed by atoms with Crippen molar-refractivity contribution in [3.05, 3.63) is 59.7 Å². The second kappa shape index (κ2) is 7.85. The van der Waals surface area contributed by atoms with Crippen LogP contribution in [0, 0.1) is 17.2 Å². The molecule has 1 N–H and O–H groups in total. The summed E-state index contributed by atoms with van der Waals surface area (Å²) < 4.78 is 5.31. The van der Waals surface area contributed by atoms with Gasteiger partial charge >= 0.3 is 0 Å². The molecule has 0 bridgehead atoms. The van der Waals surface area contributed by atoms with Gasteiger partial charge in [0.15, 0.2) is 0 Å². The summed E-state index contributed by atoms with van der Waals surface area (Å²) in [7, 11) is 1.71. The van der Waals surface area contributed by atoms with Crippen LogP contribution in [0.15, 0.2) is 48.5 Å². The number of ether oxygens (including phenoxy) is 1. The molecular formula is C20H23N3O. The quantitative estimate of drug-likeness (QED) is 0.888. The van der Waals surface area contributed by atoms with Crippen molar-refractivity contribution in [3.8, 4) is 11.8 Å². The summed E-state index contributed by atoms with van der Waals surface area (Å²) in [6.45, 7) is 3.96. The summed E-state index contributed by atoms with van der Waals surface area (Å²) in [6.07, 6.45) is 1.20. The smallest absolute Gasteiger partial charge is 0.120 e. The third-order valence-corrected chi connectivity index (χ3v) is 4.52. The molecule has 1 saturated heterocycles. The molecule has 0 aliphatic carbocycles. The monoisotopic (exact) mass is 321 g/mol. The molecule has 124 valence electrons. The van der Waals surface area contributed by atoms with Gasteiger partial charge in [0.1, 0.15) is 5.75 Å². The Morgan fingerprint density at radius 3 is 2.96 bits per heavy atom. The highest BCUT2D eigenvalue weighted by molar-refractivity contribution is 5.51. The number of methoxy groups -OCH3 is 1. The molecule has 1 atom stereocenters. The number of nitrogens with zero attached hydrogens (tertiary/aromatic N) is 2. The standard InChI is InChI=1S/C20H23N3O/c1-24-20-7-3-6-19(11-20)23-9-8-18(15-23)14-22-13-17-5-2-4-16(10-17)12-21/h2-7,10-11,18,22H,8-9,13-15H2,1H3. The summed E-state index contributed by atoms with van der Waals surface area (Å²) >= 11 is 0. The number of nitriles is 1. The number of hydrogen-bond donors (Lipinski definition) is 1. The van der Waals surface area contributed by atoms with Crippen molar-refractivity contribution in [2.75, 3.05) is 31.6 Å². The maximum Gasteiger partial charge on any atom is 0.120 e. The molecule has 4 nitrogen and oxygen atoms in total. The molecule has 1 aliphatic rings. The lowest BCUT2D eigenvalue weighted by atomic mass is 10.1. The zero-order valence-corrected chi connectivity index (χ0v) is 14.0. The van der Waals surface area contributed by atoms with Crippen molar-refractivity contribution >= 4 is 5.69 Å². The van der Waals surface area contributed by atoms with E-state index in [0.717, 1.165) is 43.1 Å². The van der Waals surface area contributed by atoms with Gasteiger partial charge in [-0.05, 0) is 42.2 Å². The van der Waals surface area contributed by atoms with E-state index in [1.807, 2.05) is 30.3 Å².